The second-order valence-corrected chi connectivity index (χ2v) is 9.21. The van der Waals surface area contributed by atoms with E-state index in [9.17, 15) is 9.59 Å². The quantitative estimate of drug-likeness (QED) is 0.392. The molecular weight excluding hydrogens is 462 g/mol. The molecule has 0 aliphatic carbocycles. The Labute approximate surface area is 205 Å². The van der Waals surface area contributed by atoms with E-state index in [1.54, 1.807) is 22.6 Å². The Kier molecular flexibility index (Phi) is 5.96. The molecule has 0 spiro atoms. The number of nitrogens with zero attached hydrogens (tertiary/aromatic N) is 2. The summed E-state index contributed by atoms with van der Waals surface area (Å²) in [4.78, 5) is 30.6. The van der Waals surface area contributed by atoms with Crippen molar-refractivity contribution in [2.24, 2.45) is 0 Å². The van der Waals surface area contributed by atoms with Crippen LogP contribution in [0.5, 0.6) is 11.5 Å². The highest BCUT2D eigenvalue weighted by atomic mass is 32.1. The minimum absolute atomic E-state index is 0.110. The van der Waals surface area contributed by atoms with Crippen molar-refractivity contribution in [3.8, 4) is 11.5 Å². The van der Waals surface area contributed by atoms with E-state index in [2.05, 4.69) is 10.3 Å². The molecule has 0 aliphatic heterocycles. The maximum absolute atomic E-state index is 13.0. The summed E-state index contributed by atoms with van der Waals surface area (Å²) in [5, 5.41) is 2.88. The van der Waals surface area contributed by atoms with Crippen LogP contribution < -0.4 is 24.9 Å². The third-order valence-electron chi connectivity index (χ3n) is 5.66. The number of carbonyl (C=O) groups is 1. The van der Waals surface area contributed by atoms with E-state index in [4.69, 9.17) is 9.47 Å². The minimum atomic E-state index is -0.262. The van der Waals surface area contributed by atoms with Gasteiger partial charge in [0.25, 0.3) is 11.5 Å². The molecule has 5 rings (SSSR count). The number of nitrogens with one attached hydrogen (secondary N) is 1. The van der Waals surface area contributed by atoms with Crippen molar-refractivity contribution < 1.29 is 14.3 Å². The van der Waals surface area contributed by atoms with Gasteiger partial charge in [0.15, 0.2) is 23.1 Å². The molecule has 2 aromatic heterocycles. The molecule has 1 amide bonds. The van der Waals surface area contributed by atoms with Crippen molar-refractivity contribution in [3.05, 3.63) is 92.2 Å². The molecule has 0 fully saturated rings. The number of ether oxygens (including phenoxy) is 2. The maximum Gasteiger partial charge on any atom is 0.274 e. The van der Waals surface area contributed by atoms with E-state index in [0.717, 1.165) is 33.4 Å². The van der Waals surface area contributed by atoms with Gasteiger partial charge < -0.3 is 14.8 Å². The minimum Gasteiger partial charge on any atom is -0.493 e. The molecule has 0 saturated carbocycles. The normalized spacial score (nSPS) is 11.8. The fourth-order valence-corrected chi connectivity index (χ4v) is 4.84. The fraction of sp³-hybridized carbons (Fsp3) is 0.148. The van der Waals surface area contributed by atoms with Gasteiger partial charge in [-0.05, 0) is 66.9 Å². The fourth-order valence-electron chi connectivity index (χ4n) is 3.86. The van der Waals surface area contributed by atoms with Crippen LogP contribution in [0.15, 0.2) is 65.5 Å². The van der Waals surface area contributed by atoms with Crippen LogP contribution >= 0.6 is 11.3 Å². The number of rotatable bonds is 6. The topological polar surface area (TPSA) is 81.9 Å². The van der Waals surface area contributed by atoms with E-state index in [-0.39, 0.29) is 18.1 Å². The summed E-state index contributed by atoms with van der Waals surface area (Å²) >= 11 is 1.34. The Hall–Kier alpha value is -4.17. The van der Waals surface area contributed by atoms with Crippen molar-refractivity contribution in [2.75, 3.05) is 19.0 Å². The number of imidazole rings is 1. The van der Waals surface area contributed by atoms with Crippen LogP contribution in [0.1, 0.15) is 16.7 Å². The van der Waals surface area contributed by atoms with Gasteiger partial charge in [0.05, 0.1) is 22.7 Å². The third-order valence-corrected chi connectivity index (χ3v) is 6.63. The first-order valence-electron chi connectivity index (χ1n) is 11.0. The molecule has 0 atom stereocenters. The monoisotopic (exact) mass is 485 g/mol. The molecule has 8 heteroatoms. The zero-order chi connectivity index (χ0) is 24.5. The highest BCUT2D eigenvalue weighted by Crippen LogP contribution is 2.28. The van der Waals surface area contributed by atoms with Gasteiger partial charge in [0.1, 0.15) is 0 Å². The van der Waals surface area contributed by atoms with Crippen molar-refractivity contribution in [3.63, 3.8) is 0 Å². The number of hydrogen-bond acceptors (Lipinski definition) is 6. The number of hydrogen-bond donors (Lipinski definition) is 1. The predicted molar refractivity (Wildman–Crippen MR) is 139 cm³/mol. The number of fused-ring (bicyclic) bond motifs is 3. The second-order valence-electron chi connectivity index (χ2n) is 8.20. The van der Waals surface area contributed by atoms with Crippen LogP contribution in [0, 0.1) is 13.8 Å². The number of methoxy groups -OCH3 is 1. The van der Waals surface area contributed by atoms with Gasteiger partial charge >= 0.3 is 0 Å². The molecule has 3 aromatic carbocycles. The van der Waals surface area contributed by atoms with Crippen LogP contribution in [0.2, 0.25) is 0 Å². The number of thiazole rings is 1. The van der Waals surface area contributed by atoms with Crippen LogP contribution in [-0.4, -0.2) is 29.0 Å². The first kappa shape index (κ1) is 22.6. The Morgan fingerprint density at radius 2 is 1.91 bits per heavy atom. The molecule has 0 saturated heterocycles. The number of aryl methyl sites for hydroxylation is 2. The highest BCUT2D eigenvalue weighted by Gasteiger charge is 2.12. The molecule has 0 bridgehead atoms. The number of amides is 1. The lowest BCUT2D eigenvalue weighted by atomic mass is 10.1. The number of carbonyl (C=O) groups excluding carboxylic acids is 1. The zero-order valence-corrected chi connectivity index (χ0v) is 20.3. The average Bonchev–Trinajstić information content (AvgIpc) is 3.36. The van der Waals surface area contributed by atoms with Crippen molar-refractivity contribution >= 4 is 45.0 Å². The molecule has 0 aliphatic rings. The third kappa shape index (κ3) is 4.48. The van der Waals surface area contributed by atoms with Crippen LogP contribution in [0.3, 0.4) is 0 Å². The number of anilines is 1. The molecule has 2 heterocycles. The highest BCUT2D eigenvalue weighted by molar-refractivity contribution is 7.15. The van der Waals surface area contributed by atoms with E-state index in [1.807, 2.05) is 62.4 Å². The van der Waals surface area contributed by atoms with Crippen molar-refractivity contribution in [1.29, 1.82) is 0 Å². The van der Waals surface area contributed by atoms with Crippen LogP contribution in [0.4, 0.5) is 5.69 Å². The van der Waals surface area contributed by atoms with Gasteiger partial charge in [-0.15, -0.1) is 0 Å². The second kappa shape index (κ2) is 9.23. The summed E-state index contributed by atoms with van der Waals surface area (Å²) in [7, 11) is 1.53. The van der Waals surface area contributed by atoms with Gasteiger partial charge in [-0.1, -0.05) is 41.7 Å². The summed E-state index contributed by atoms with van der Waals surface area (Å²) in [6.07, 6.45) is 1.80. The molecule has 5 aromatic rings. The maximum atomic E-state index is 13.0. The molecule has 1 N–H and O–H groups in total. The molecule has 0 unspecified atom stereocenters. The number of para-hydroxylation sites is 2. The van der Waals surface area contributed by atoms with E-state index >= 15 is 0 Å². The van der Waals surface area contributed by atoms with Gasteiger partial charge in [-0.25, -0.2) is 9.38 Å². The van der Waals surface area contributed by atoms with Crippen LogP contribution in [-0.2, 0) is 4.79 Å². The van der Waals surface area contributed by atoms with Crippen molar-refractivity contribution in [1.82, 2.24) is 9.38 Å². The van der Waals surface area contributed by atoms with Gasteiger partial charge in [0.2, 0.25) is 0 Å². The van der Waals surface area contributed by atoms with E-state index < -0.39 is 0 Å². The zero-order valence-electron chi connectivity index (χ0n) is 19.5. The molecule has 176 valence electrons. The van der Waals surface area contributed by atoms with E-state index in [1.165, 1.54) is 18.4 Å². The SMILES string of the molecule is COc1cc(/C=c2\sc3nc4ccccc4n3c2=O)ccc1OCC(=O)Nc1cc(C)ccc1C. The molecule has 35 heavy (non-hydrogen) atoms. The number of aromatic nitrogens is 2. The predicted octanol–water partition coefficient (Wildman–Crippen LogP) is 4.10. The summed E-state index contributed by atoms with van der Waals surface area (Å²) in [5.74, 6) is 0.647. The Balaban J connectivity index is 1.36. The van der Waals surface area contributed by atoms with Crippen LogP contribution in [0.25, 0.3) is 22.1 Å². The Bertz CT molecular complexity index is 1690. The smallest absolute Gasteiger partial charge is 0.274 e. The average molecular weight is 486 g/mol. The summed E-state index contributed by atoms with van der Waals surface area (Å²) < 4.78 is 13.4. The first-order valence-corrected chi connectivity index (χ1v) is 11.8. The standard InChI is InChI=1S/C27H23N3O4S/c1-16-8-9-17(2)20(12-16)28-25(31)15-34-22-11-10-18(13-23(22)33-3)14-24-26(32)30-21-7-5-4-6-19(21)29-27(30)35-24/h4-14H,15H2,1-3H3,(H,28,31)/b24-14-. The Morgan fingerprint density at radius 1 is 1.09 bits per heavy atom. The number of benzene rings is 3. The largest absolute Gasteiger partial charge is 0.493 e. The van der Waals surface area contributed by atoms with Gasteiger partial charge in [-0.2, -0.15) is 0 Å². The van der Waals surface area contributed by atoms with E-state index in [0.29, 0.717) is 21.0 Å². The van der Waals surface area contributed by atoms with Gasteiger partial charge in [0, 0.05) is 5.69 Å². The molecule has 7 nitrogen and oxygen atoms in total. The lowest BCUT2D eigenvalue weighted by Gasteiger charge is -2.12. The molecular formula is C27H23N3O4S. The van der Waals surface area contributed by atoms with Gasteiger partial charge in [-0.3, -0.25) is 9.59 Å². The summed E-state index contributed by atoms with van der Waals surface area (Å²) in [5.41, 5.74) is 5.07. The lowest BCUT2D eigenvalue weighted by Crippen LogP contribution is -2.22. The lowest BCUT2D eigenvalue weighted by molar-refractivity contribution is -0.118. The van der Waals surface area contributed by atoms with Crippen molar-refractivity contribution in [2.45, 2.75) is 13.8 Å². The summed E-state index contributed by atoms with van der Waals surface area (Å²) in [6.45, 7) is 3.75. The summed E-state index contributed by atoms with van der Waals surface area (Å²) in [6, 6.07) is 18.8. The Morgan fingerprint density at radius 3 is 2.74 bits per heavy atom. The first-order chi connectivity index (χ1) is 16.9. The molecule has 0 radical (unpaired) electrons.